The van der Waals surface area contributed by atoms with Crippen LogP contribution >= 0.6 is 0 Å². The number of carboxylic acid groups (broad SMARTS) is 1. The summed E-state index contributed by atoms with van der Waals surface area (Å²) in [5.41, 5.74) is 3.32. The number of sulfonamides is 1. The van der Waals surface area contributed by atoms with E-state index < -0.39 is 28.1 Å². The van der Waals surface area contributed by atoms with Gasteiger partial charge in [-0.3, -0.25) is 4.79 Å². The van der Waals surface area contributed by atoms with Crippen LogP contribution in [0.1, 0.15) is 61.7 Å². The molecule has 0 heterocycles. The first-order valence-electron chi connectivity index (χ1n) is 14.0. The van der Waals surface area contributed by atoms with Gasteiger partial charge in [-0.1, -0.05) is 74.5 Å². The van der Waals surface area contributed by atoms with Gasteiger partial charge in [0.05, 0.1) is 30.1 Å². The van der Waals surface area contributed by atoms with Crippen LogP contribution in [-0.4, -0.2) is 60.5 Å². The first-order valence-corrected chi connectivity index (χ1v) is 15.7. The van der Waals surface area contributed by atoms with Crippen molar-refractivity contribution in [3.63, 3.8) is 0 Å². The second kappa shape index (κ2) is 14.8. The fourth-order valence-corrected chi connectivity index (χ4v) is 5.54. The lowest BCUT2D eigenvalue weighted by molar-refractivity contribution is 0.0970. The molecule has 0 aliphatic carbocycles. The molecule has 0 spiro atoms. The minimum Gasteiger partial charge on any atom is -0.490 e. The Hall–Kier alpha value is -3.89. The summed E-state index contributed by atoms with van der Waals surface area (Å²) >= 11 is 0. The molecule has 0 radical (unpaired) electrons. The van der Waals surface area contributed by atoms with Crippen molar-refractivity contribution in [3.8, 4) is 16.9 Å². The molecule has 10 heteroatoms. The van der Waals surface area contributed by atoms with Crippen LogP contribution in [0.15, 0.2) is 72.8 Å². The standard InChI is InChI=1S/C32H40N2O7S/c1-22(2)17-19-42(39,40)33-31(36)28-15-14-27(20-30(28)41-23(3)4)25-12-10-24(11-13-25)16-18-34(32(37)38)21-29(35)26-8-6-5-7-9-26/h5-15,20,22-23,29,35H,16-19,21H2,1-4H3,(H,33,36)(H,37,38)/t29-/m1/s1. The third-order valence-electron chi connectivity index (χ3n) is 6.61. The van der Waals surface area contributed by atoms with Crippen LogP contribution in [0.5, 0.6) is 5.75 Å². The summed E-state index contributed by atoms with van der Waals surface area (Å²) < 4.78 is 32.8. The Labute approximate surface area is 248 Å². The maximum Gasteiger partial charge on any atom is 0.407 e. The van der Waals surface area contributed by atoms with E-state index in [1.54, 1.807) is 42.5 Å². The predicted molar refractivity (Wildman–Crippen MR) is 163 cm³/mol. The second-order valence-corrected chi connectivity index (χ2v) is 12.8. The molecule has 0 saturated heterocycles. The van der Waals surface area contributed by atoms with Gasteiger partial charge in [0, 0.05) is 6.54 Å². The Bertz CT molecular complexity index is 1440. The number of nitrogens with zero attached hydrogens (tertiary/aromatic N) is 1. The number of hydrogen-bond donors (Lipinski definition) is 3. The van der Waals surface area contributed by atoms with Crippen LogP contribution in [-0.2, 0) is 16.4 Å². The van der Waals surface area contributed by atoms with E-state index in [-0.39, 0.29) is 42.2 Å². The van der Waals surface area contributed by atoms with Gasteiger partial charge in [0.1, 0.15) is 5.75 Å². The van der Waals surface area contributed by atoms with E-state index in [2.05, 4.69) is 4.72 Å². The molecule has 2 amide bonds. The lowest BCUT2D eigenvalue weighted by Crippen LogP contribution is -2.35. The predicted octanol–water partition coefficient (Wildman–Crippen LogP) is 5.50. The molecular weight excluding hydrogens is 556 g/mol. The fraction of sp³-hybridized carbons (Fsp3) is 0.375. The summed E-state index contributed by atoms with van der Waals surface area (Å²) in [5.74, 6) is -0.418. The SMILES string of the molecule is CC(C)CCS(=O)(=O)NC(=O)c1ccc(-c2ccc(CCN(C[C@@H](O)c3ccccc3)C(=O)O)cc2)cc1OC(C)C. The molecular formula is C32H40N2O7S. The number of nitrogens with one attached hydrogen (secondary N) is 1. The molecule has 0 bridgehead atoms. The van der Waals surface area contributed by atoms with Crippen molar-refractivity contribution in [2.75, 3.05) is 18.8 Å². The first kappa shape index (κ1) is 32.6. The monoisotopic (exact) mass is 596 g/mol. The highest BCUT2D eigenvalue weighted by Gasteiger charge is 2.21. The Morgan fingerprint density at radius 2 is 1.57 bits per heavy atom. The average Bonchev–Trinajstić information content (AvgIpc) is 2.94. The first-order chi connectivity index (χ1) is 19.8. The van der Waals surface area contributed by atoms with Gasteiger partial charge in [-0.25, -0.2) is 17.9 Å². The van der Waals surface area contributed by atoms with Crippen molar-refractivity contribution >= 4 is 22.0 Å². The summed E-state index contributed by atoms with van der Waals surface area (Å²) in [6, 6.07) is 21.5. The highest BCUT2D eigenvalue weighted by atomic mass is 32.2. The van der Waals surface area contributed by atoms with Crippen molar-refractivity contribution < 1.29 is 33.0 Å². The lowest BCUT2D eigenvalue weighted by atomic mass is 10.0. The highest BCUT2D eigenvalue weighted by Crippen LogP contribution is 2.29. The highest BCUT2D eigenvalue weighted by molar-refractivity contribution is 7.90. The van der Waals surface area contributed by atoms with Gasteiger partial charge in [-0.15, -0.1) is 0 Å². The van der Waals surface area contributed by atoms with E-state index in [0.29, 0.717) is 18.4 Å². The summed E-state index contributed by atoms with van der Waals surface area (Å²) in [7, 11) is -3.78. The zero-order valence-electron chi connectivity index (χ0n) is 24.5. The van der Waals surface area contributed by atoms with Gasteiger partial charge >= 0.3 is 6.09 Å². The lowest BCUT2D eigenvalue weighted by Gasteiger charge is -2.22. The number of aliphatic hydroxyl groups excluding tert-OH is 1. The third-order valence-corrected chi connectivity index (χ3v) is 7.88. The second-order valence-electron chi connectivity index (χ2n) is 10.9. The van der Waals surface area contributed by atoms with Crippen molar-refractivity contribution in [3.05, 3.63) is 89.5 Å². The molecule has 0 aliphatic rings. The van der Waals surface area contributed by atoms with Gasteiger partial charge in [-0.05, 0) is 67.0 Å². The summed E-state index contributed by atoms with van der Waals surface area (Å²) in [4.78, 5) is 25.9. The van der Waals surface area contributed by atoms with Gasteiger partial charge < -0.3 is 19.8 Å². The van der Waals surface area contributed by atoms with Gasteiger partial charge in [-0.2, -0.15) is 0 Å². The molecule has 0 unspecified atom stereocenters. The quantitative estimate of drug-likeness (QED) is 0.224. The number of ether oxygens (including phenoxy) is 1. The topological polar surface area (TPSA) is 133 Å². The maximum atomic E-state index is 12.9. The molecule has 0 fully saturated rings. The Morgan fingerprint density at radius 1 is 0.929 bits per heavy atom. The molecule has 9 nitrogen and oxygen atoms in total. The smallest absolute Gasteiger partial charge is 0.407 e. The van der Waals surface area contributed by atoms with Gasteiger partial charge in [0.25, 0.3) is 5.91 Å². The molecule has 1 atom stereocenters. The molecule has 42 heavy (non-hydrogen) atoms. The number of aliphatic hydroxyl groups is 1. The minimum atomic E-state index is -3.78. The largest absolute Gasteiger partial charge is 0.490 e. The van der Waals surface area contributed by atoms with E-state index in [9.17, 15) is 28.2 Å². The van der Waals surface area contributed by atoms with E-state index in [4.69, 9.17) is 4.74 Å². The van der Waals surface area contributed by atoms with Crippen molar-refractivity contribution in [1.82, 2.24) is 9.62 Å². The average molecular weight is 597 g/mol. The number of hydrogen-bond acceptors (Lipinski definition) is 6. The molecule has 3 aromatic carbocycles. The van der Waals surface area contributed by atoms with Crippen molar-refractivity contribution in [2.24, 2.45) is 5.92 Å². The fourth-order valence-electron chi connectivity index (χ4n) is 4.26. The van der Waals surface area contributed by atoms with E-state index in [0.717, 1.165) is 16.7 Å². The third kappa shape index (κ3) is 9.88. The van der Waals surface area contributed by atoms with Crippen LogP contribution in [0.3, 0.4) is 0 Å². The van der Waals surface area contributed by atoms with Crippen LogP contribution in [0, 0.1) is 5.92 Å². The summed E-state index contributed by atoms with van der Waals surface area (Å²) in [5, 5.41) is 20.1. The van der Waals surface area contributed by atoms with Crippen LogP contribution in [0.25, 0.3) is 11.1 Å². The Morgan fingerprint density at radius 3 is 2.17 bits per heavy atom. The zero-order chi connectivity index (χ0) is 30.9. The number of rotatable bonds is 14. The molecule has 226 valence electrons. The Balaban J connectivity index is 1.71. The van der Waals surface area contributed by atoms with E-state index >= 15 is 0 Å². The number of benzene rings is 3. The van der Waals surface area contributed by atoms with Crippen molar-refractivity contribution in [2.45, 2.75) is 52.7 Å². The van der Waals surface area contributed by atoms with Crippen molar-refractivity contribution in [1.29, 1.82) is 0 Å². The van der Waals surface area contributed by atoms with Crippen LogP contribution in [0.4, 0.5) is 4.79 Å². The maximum absolute atomic E-state index is 12.9. The molecule has 3 aromatic rings. The molecule has 0 aromatic heterocycles. The van der Waals surface area contributed by atoms with E-state index in [1.165, 1.54) is 4.90 Å². The van der Waals surface area contributed by atoms with Gasteiger partial charge in [0.15, 0.2) is 0 Å². The summed E-state index contributed by atoms with van der Waals surface area (Å²) in [6.07, 6.45) is -1.37. The number of carbonyl (C=O) groups excluding carboxylic acids is 1. The van der Waals surface area contributed by atoms with Crippen LogP contribution < -0.4 is 9.46 Å². The minimum absolute atomic E-state index is 0.0327. The zero-order valence-corrected chi connectivity index (χ0v) is 25.3. The molecule has 3 rings (SSSR count). The molecule has 3 N–H and O–H groups in total. The normalized spacial score (nSPS) is 12.3. The number of amides is 2. The van der Waals surface area contributed by atoms with E-state index in [1.807, 2.05) is 58.0 Å². The molecule has 0 saturated carbocycles. The summed E-state index contributed by atoms with van der Waals surface area (Å²) in [6.45, 7) is 7.66. The Kier molecular flexibility index (Phi) is 11.5. The van der Waals surface area contributed by atoms with Gasteiger partial charge in [0.2, 0.25) is 10.0 Å². The number of carbonyl (C=O) groups is 2. The van der Waals surface area contributed by atoms with Crippen LogP contribution in [0.2, 0.25) is 0 Å². The molecule has 0 aliphatic heterocycles.